The van der Waals surface area contributed by atoms with Gasteiger partial charge in [-0.15, -0.1) is 0 Å². The Bertz CT molecular complexity index is 240. The molecule has 3 unspecified atom stereocenters. The second-order valence-corrected chi connectivity index (χ2v) is 6.84. The van der Waals surface area contributed by atoms with Crippen LogP contribution in [0.3, 0.4) is 0 Å². The van der Waals surface area contributed by atoms with Crippen LogP contribution in [0.15, 0.2) is 0 Å². The van der Waals surface area contributed by atoms with Gasteiger partial charge in [-0.25, -0.2) is 0 Å². The van der Waals surface area contributed by atoms with Crippen LogP contribution in [0.5, 0.6) is 0 Å². The molecule has 2 heterocycles. The van der Waals surface area contributed by atoms with Gasteiger partial charge in [0, 0.05) is 18.1 Å². The van der Waals surface area contributed by atoms with Crippen molar-refractivity contribution in [3.05, 3.63) is 0 Å². The Balaban J connectivity index is 1.86. The van der Waals surface area contributed by atoms with Crippen LogP contribution in [0.2, 0.25) is 0 Å². The molecule has 2 nitrogen and oxygen atoms in total. The molecule has 2 saturated heterocycles. The molecule has 0 radical (unpaired) electrons. The van der Waals surface area contributed by atoms with Crippen LogP contribution in [0.1, 0.15) is 71.6 Å². The monoisotopic (exact) mass is 266 g/mol. The van der Waals surface area contributed by atoms with Crippen LogP contribution < -0.4 is 5.32 Å². The summed E-state index contributed by atoms with van der Waals surface area (Å²) < 4.78 is 0. The summed E-state index contributed by atoms with van der Waals surface area (Å²) in [5.74, 6) is 0.942. The van der Waals surface area contributed by atoms with Crippen LogP contribution in [0.25, 0.3) is 0 Å². The van der Waals surface area contributed by atoms with E-state index >= 15 is 0 Å². The molecule has 0 spiro atoms. The normalized spacial score (nSPS) is 32.7. The third-order valence-corrected chi connectivity index (χ3v) is 5.48. The van der Waals surface area contributed by atoms with E-state index in [1.165, 1.54) is 64.3 Å². The number of nitrogens with zero attached hydrogens (tertiary/aromatic N) is 1. The molecule has 1 N–H and O–H groups in total. The first-order chi connectivity index (χ1) is 9.26. The largest absolute Gasteiger partial charge is 0.314 e. The molecular weight excluding hydrogens is 232 g/mol. The van der Waals surface area contributed by atoms with Crippen LogP contribution in [0, 0.1) is 5.92 Å². The maximum absolute atomic E-state index is 3.86. The van der Waals surface area contributed by atoms with E-state index in [0.717, 1.165) is 24.0 Å². The van der Waals surface area contributed by atoms with Gasteiger partial charge in [0.05, 0.1) is 0 Å². The summed E-state index contributed by atoms with van der Waals surface area (Å²) in [6.45, 7) is 5.80. The molecule has 3 atom stereocenters. The number of fused-ring (bicyclic) bond motifs is 2. The molecule has 2 aliphatic heterocycles. The van der Waals surface area contributed by atoms with Crippen LogP contribution in [0.4, 0.5) is 0 Å². The molecule has 0 aromatic carbocycles. The molecule has 2 aliphatic rings. The van der Waals surface area contributed by atoms with Crippen molar-refractivity contribution in [3.63, 3.8) is 0 Å². The van der Waals surface area contributed by atoms with Crippen molar-refractivity contribution >= 4 is 0 Å². The minimum absolute atomic E-state index is 0.795. The predicted molar refractivity (Wildman–Crippen MR) is 83.5 cm³/mol. The minimum atomic E-state index is 0.795. The first kappa shape index (κ1) is 15.3. The van der Waals surface area contributed by atoms with Crippen LogP contribution in [-0.2, 0) is 0 Å². The van der Waals surface area contributed by atoms with Gasteiger partial charge in [-0.05, 0) is 58.0 Å². The Morgan fingerprint density at radius 2 is 1.74 bits per heavy atom. The van der Waals surface area contributed by atoms with E-state index in [-0.39, 0.29) is 0 Å². The summed E-state index contributed by atoms with van der Waals surface area (Å²) in [7, 11) is 2.35. The van der Waals surface area contributed by atoms with Gasteiger partial charge in [0.15, 0.2) is 0 Å². The fraction of sp³-hybridized carbons (Fsp3) is 1.00. The maximum atomic E-state index is 3.86. The summed E-state index contributed by atoms with van der Waals surface area (Å²) in [5, 5.41) is 3.86. The van der Waals surface area contributed by atoms with E-state index < -0.39 is 0 Å². The SMILES string of the molecule is CCCCCC(NCCC)C1CC2CCC(C1)N2C. The fourth-order valence-electron chi connectivity index (χ4n) is 4.23. The lowest BCUT2D eigenvalue weighted by Crippen LogP contribution is -2.47. The molecular formula is C17H34N2. The topological polar surface area (TPSA) is 15.3 Å². The van der Waals surface area contributed by atoms with E-state index in [1.54, 1.807) is 0 Å². The molecule has 0 aromatic rings. The predicted octanol–water partition coefficient (Wildman–Crippen LogP) is 3.81. The third kappa shape index (κ3) is 3.95. The smallest absolute Gasteiger partial charge is 0.00989 e. The molecule has 0 saturated carbocycles. The van der Waals surface area contributed by atoms with Gasteiger partial charge in [0.2, 0.25) is 0 Å². The van der Waals surface area contributed by atoms with Crippen molar-refractivity contribution in [1.82, 2.24) is 10.2 Å². The Hall–Kier alpha value is -0.0800. The summed E-state index contributed by atoms with van der Waals surface area (Å²) in [6.07, 6.45) is 12.6. The molecule has 0 aliphatic carbocycles. The molecule has 0 aromatic heterocycles. The Kier molecular flexibility index (Phi) is 6.15. The first-order valence-electron chi connectivity index (χ1n) is 8.71. The van der Waals surface area contributed by atoms with Gasteiger partial charge >= 0.3 is 0 Å². The summed E-state index contributed by atoms with van der Waals surface area (Å²) in [6, 6.07) is 2.57. The lowest BCUT2D eigenvalue weighted by Gasteiger charge is -2.40. The summed E-state index contributed by atoms with van der Waals surface area (Å²) >= 11 is 0. The number of nitrogens with one attached hydrogen (secondary N) is 1. The highest BCUT2D eigenvalue weighted by Gasteiger charge is 2.40. The van der Waals surface area contributed by atoms with Crippen molar-refractivity contribution < 1.29 is 0 Å². The third-order valence-electron chi connectivity index (χ3n) is 5.48. The lowest BCUT2D eigenvalue weighted by atomic mass is 9.83. The average molecular weight is 266 g/mol. The fourth-order valence-corrected chi connectivity index (χ4v) is 4.23. The number of rotatable bonds is 8. The number of hydrogen-bond acceptors (Lipinski definition) is 2. The molecule has 19 heavy (non-hydrogen) atoms. The second kappa shape index (κ2) is 7.64. The van der Waals surface area contributed by atoms with Gasteiger partial charge in [-0.2, -0.15) is 0 Å². The Morgan fingerprint density at radius 3 is 2.32 bits per heavy atom. The van der Waals surface area contributed by atoms with Crippen LogP contribution >= 0.6 is 0 Å². The maximum Gasteiger partial charge on any atom is 0.00989 e. The summed E-state index contributed by atoms with van der Waals surface area (Å²) in [5.41, 5.74) is 0. The lowest BCUT2D eigenvalue weighted by molar-refractivity contribution is 0.109. The average Bonchev–Trinajstić information content (AvgIpc) is 2.65. The van der Waals surface area contributed by atoms with E-state index in [9.17, 15) is 0 Å². The van der Waals surface area contributed by atoms with Crippen molar-refractivity contribution in [2.45, 2.75) is 89.8 Å². The molecule has 2 heteroatoms. The first-order valence-corrected chi connectivity index (χ1v) is 8.71. The molecule has 2 bridgehead atoms. The molecule has 2 fully saturated rings. The zero-order valence-electron chi connectivity index (χ0n) is 13.3. The van der Waals surface area contributed by atoms with Gasteiger partial charge in [-0.3, -0.25) is 0 Å². The Morgan fingerprint density at radius 1 is 1.05 bits per heavy atom. The van der Waals surface area contributed by atoms with Gasteiger partial charge in [0.1, 0.15) is 0 Å². The number of piperidine rings is 1. The standard InChI is InChI=1S/C17H34N2/c1-4-6-7-8-17(18-11-5-2)14-12-15-9-10-16(13-14)19(15)3/h14-18H,4-13H2,1-3H3. The van der Waals surface area contributed by atoms with E-state index in [0.29, 0.717) is 0 Å². The van der Waals surface area contributed by atoms with Gasteiger partial charge < -0.3 is 10.2 Å². The quantitative estimate of drug-likeness (QED) is 0.672. The van der Waals surface area contributed by atoms with E-state index in [2.05, 4.69) is 31.1 Å². The van der Waals surface area contributed by atoms with Crippen molar-refractivity contribution in [2.24, 2.45) is 5.92 Å². The van der Waals surface area contributed by atoms with Crippen molar-refractivity contribution in [2.75, 3.05) is 13.6 Å². The zero-order valence-corrected chi connectivity index (χ0v) is 13.3. The molecule has 0 amide bonds. The zero-order chi connectivity index (χ0) is 13.7. The van der Waals surface area contributed by atoms with Crippen molar-refractivity contribution in [1.29, 1.82) is 0 Å². The van der Waals surface area contributed by atoms with E-state index in [1.807, 2.05) is 0 Å². The van der Waals surface area contributed by atoms with Gasteiger partial charge in [0.25, 0.3) is 0 Å². The highest BCUT2D eigenvalue weighted by atomic mass is 15.2. The number of hydrogen-bond donors (Lipinski definition) is 1. The number of unbranched alkanes of at least 4 members (excludes halogenated alkanes) is 2. The van der Waals surface area contributed by atoms with Crippen molar-refractivity contribution in [3.8, 4) is 0 Å². The highest BCUT2D eigenvalue weighted by Crippen LogP contribution is 2.39. The second-order valence-electron chi connectivity index (χ2n) is 6.84. The molecule has 112 valence electrons. The highest BCUT2D eigenvalue weighted by molar-refractivity contribution is 4.96. The molecule has 2 rings (SSSR count). The van der Waals surface area contributed by atoms with E-state index in [4.69, 9.17) is 0 Å². The van der Waals surface area contributed by atoms with Crippen LogP contribution in [-0.4, -0.2) is 36.6 Å². The van der Waals surface area contributed by atoms with Gasteiger partial charge in [-0.1, -0.05) is 33.1 Å². The summed E-state index contributed by atoms with van der Waals surface area (Å²) in [4.78, 5) is 2.67. The Labute approximate surface area is 120 Å². The minimum Gasteiger partial charge on any atom is -0.314 e.